The standard InChI is InChI=1S/C17H26FNO2S2/c1-11(2)19-10-12(3)21-15-6-7-16(18)14(9-15)5-8-17(20)13(4)23-22/h6-7,9,11-13,19,22H,5,8,10H2,1-4H3. The maximum atomic E-state index is 13.9. The van der Waals surface area contributed by atoms with E-state index in [0.29, 0.717) is 30.2 Å². The monoisotopic (exact) mass is 359 g/mol. The molecule has 1 rings (SSSR count). The highest BCUT2D eigenvalue weighted by molar-refractivity contribution is 8.69. The van der Waals surface area contributed by atoms with Crippen molar-refractivity contribution in [1.29, 1.82) is 0 Å². The van der Waals surface area contributed by atoms with E-state index in [4.69, 9.17) is 4.74 Å². The molecular weight excluding hydrogens is 333 g/mol. The number of ketones is 1. The summed E-state index contributed by atoms with van der Waals surface area (Å²) in [6, 6.07) is 5.10. The second kappa shape index (κ2) is 10.2. The van der Waals surface area contributed by atoms with Crippen LogP contribution in [0, 0.1) is 5.82 Å². The molecule has 130 valence electrons. The Labute approximate surface area is 147 Å². The van der Waals surface area contributed by atoms with Crippen molar-refractivity contribution in [2.45, 2.75) is 57.9 Å². The van der Waals surface area contributed by atoms with E-state index in [1.165, 1.54) is 16.9 Å². The SMILES string of the molecule is CC(C)NCC(C)Oc1ccc(F)c(CCC(=O)C(C)SS)c1. The minimum absolute atomic E-state index is 0.0158. The number of nitrogens with one attached hydrogen (secondary N) is 1. The Balaban J connectivity index is 2.62. The lowest BCUT2D eigenvalue weighted by Crippen LogP contribution is -2.33. The number of hydrogen-bond acceptors (Lipinski definition) is 5. The quantitative estimate of drug-likeness (QED) is 0.488. The fourth-order valence-electron chi connectivity index (χ4n) is 2.01. The first-order chi connectivity index (χ1) is 10.8. The van der Waals surface area contributed by atoms with Gasteiger partial charge in [-0.2, -0.15) is 0 Å². The van der Waals surface area contributed by atoms with Gasteiger partial charge in [0.05, 0.1) is 5.25 Å². The summed E-state index contributed by atoms with van der Waals surface area (Å²) in [7, 11) is 1.21. The molecule has 1 N–H and O–H groups in total. The molecule has 0 heterocycles. The predicted molar refractivity (Wildman–Crippen MR) is 99.0 cm³/mol. The topological polar surface area (TPSA) is 38.3 Å². The Bertz CT molecular complexity index is 511. The lowest BCUT2D eigenvalue weighted by molar-refractivity contribution is -0.118. The second-order valence-electron chi connectivity index (χ2n) is 5.96. The van der Waals surface area contributed by atoms with Gasteiger partial charge in [-0.3, -0.25) is 4.79 Å². The summed E-state index contributed by atoms with van der Waals surface area (Å²) in [6.07, 6.45) is 0.664. The van der Waals surface area contributed by atoms with Crippen LogP contribution in [0.1, 0.15) is 39.7 Å². The van der Waals surface area contributed by atoms with Crippen molar-refractivity contribution in [1.82, 2.24) is 5.32 Å². The summed E-state index contributed by atoms with van der Waals surface area (Å²) >= 11 is 4.04. The van der Waals surface area contributed by atoms with E-state index in [2.05, 4.69) is 30.8 Å². The molecule has 0 saturated carbocycles. The van der Waals surface area contributed by atoms with Gasteiger partial charge in [0.25, 0.3) is 0 Å². The number of ether oxygens (including phenoxy) is 1. The smallest absolute Gasteiger partial charge is 0.146 e. The zero-order chi connectivity index (χ0) is 17.4. The number of carbonyl (C=O) groups excluding carboxylic acids is 1. The van der Waals surface area contributed by atoms with Crippen molar-refractivity contribution in [3.8, 4) is 5.75 Å². The van der Waals surface area contributed by atoms with Crippen molar-refractivity contribution in [2.24, 2.45) is 0 Å². The maximum Gasteiger partial charge on any atom is 0.146 e. The van der Waals surface area contributed by atoms with Crippen molar-refractivity contribution in [3.63, 3.8) is 0 Å². The largest absolute Gasteiger partial charge is 0.489 e. The zero-order valence-electron chi connectivity index (χ0n) is 14.1. The van der Waals surface area contributed by atoms with Crippen LogP contribution in [0.3, 0.4) is 0 Å². The third kappa shape index (κ3) is 7.59. The molecule has 0 radical (unpaired) electrons. The normalized spacial score (nSPS) is 13.9. The molecule has 6 heteroatoms. The molecule has 0 aliphatic carbocycles. The number of Topliss-reactive ketones (excluding diaryl/α,β-unsaturated/α-hetero) is 1. The molecule has 0 bridgehead atoms. The zero-order valence-corrected chi connectivity index (χ0v) is 15.8. The van der Waals surface area contributed by atoms with Gasteiger partial charge in [0.1, 0.15) is 23.5 Å². The van der Waals surface area contributed by atoms with Gasteiger partial charge in [-0.15, -0.1) is 11.7 Å². The number of thiol groups is 1. The fraction of sp³-hybridized carbons (Fsp3) is 0.588. The van der Waals surface area contributed by atoms with Crippen LogP contribution < -0.4 is 10.1 Å². The molecule has 0 spiro atoms. The third-order valence-corrected chi connectivity index (χ3v) is 4.95. The molecule has 3 nitrogen and oxygen atoms in total. The molecule has 0 saturated heterocycles. The fourth-order valence-corrected chi connectivity index (χ4v) is 2.60. The van der Waals surface area contributed by atoms with Gasteiger partial charge in [-0.05, 0) is 44.0 Å². The first kappa shape index (κ1) is 20.3. The minimum Gasteiger partial charge on any atom is -0.489 e. The molecule has 0 fully saturated rings. The van der Waals surface area contributed by atoms with Crippen LogP contribution in [0.4, 0.5) is 4.39 Å². The molecule has 0 aromatic heterocycles. The average molecular weight is 360 g/mol. The molecule has 2 unspecified atom stereocenters. The van der Waals surface area contributed by atoms with Crippen LogP contribution in [0.15, 0.2) is 18.2 Å². The van der Waals surface area contributed by atoms with E-state index in [-0.39, 0.29) is 23.0 Å². The highest BCUT2D eigenvalue weighted by Crippen LogP contribution is 2.21. The van der Waals surface area contributed by atoms with Crippen LogP contribution in [0.2, 0.25) is 0 Å². The molecule has 1 aromatic rings. The summed E-state index contributed by atoms with van der Waals surface area (Å²) in [5, 5.41) is 3.12. The van der Waals surface area contributed by atoms with Gasteiger partial charge in [-0.25, -0.2) is 4.39 Å². The van der Waals surface area contributed by atoms with Gasteiger partial charge >= 0.3 is 0 Å². The average Bonchev–Trinajstić information content (AvgIpc) is 2.52. The van der Waals surface area contributed by atoms with E-state index in [1.54, 1.807) is 19.1 Å². The Morgan fingerprint density at radius 1 is 1.35 bits per heavy atom. The van der Waals surface area contributed by atoms with E-state index in [1.807, 2.05) is 6.92 Å². The summed E-state index contributed by atoms with van der Waals surface area (Å²) in [5.74, 6) is 0.401. The highest BCUT2D eigenvalue weighted by atomic mass is 33.1. The number of aryl methyl sites for hydroxylation is 1. The van der Waals surface area contributed by atoms with Gasteiger partial charge in [0, 0.05) is 19.0 Å². The lowest BCUT2D eigenvalue weighted by atomic mass is 10.1. The molecular formula is C17H26FNO2S2. The Kier molecular flexibility index (Phi) is 9.02. The number of hydrogen-bond donors (Lipinski definition) is 2. The molecule has 0 aliphatic rings. The van der Waals surface area contributed by atoms with E-state index >= 15 is 0 Å². The summed E-state index contributed by atoms with van der Waals surface area (Å²) < 4.78 is 19.7. The van der Waals surface area contributed by atoms with Crippen molar-refractivity contribution in [3.05, 3.63) is 29.6 Å². The van der Waals surface area contributed by atoms with E-state index in [9.17, 15) is 9.18 Å². The predicted octanol–water partition coefficient (Wildman–Crippen LogP) is 4.06. The van der Waals surface area contributed by atoms with Crippen LogP contribution >= 0.6 is 22.5 Å². The van der Waals surface area contributed by atoms with Gasteiger partial charge in [0.2, 0.25) is 0 Å². The van der Waals surface area contributed by atoms with Crippen LogP contribution in [-0.2, 0) is 11.2 Å². The number of carbonyl (C=O) groups is 1. The Morgan fingerprint density at radius 3 is 2.65 bits per heavy atom. The number of rotatable bonds is 10. The maximum absolute atomic E-state index is 13.9. The summed E-state index contributed by atoms with van der Waals surface area (Å²) in [5.41, 5.74) is 0.510. The van der Waals surface area contributed by atoms with Crippen LogP contribution in [0.25, 0.3) is 0 Å². The third-order valence-electron chi connectivity index (χ3n) is 3.42. The van der Waals surface area contributed by atoms with Gasteiger partial charge in [0.15, 0.2) is 0 Å². The summed E-state index contributed by atoms with van der Waals surface area (Å²) in [4.78, 5) is 11.8. The molecule has 0 amide bonds. The summed E-state index contributed by atoms with van der Waals surface area (Å²) in [6.45, 7) is 8.64. The first-order valence-electron chi connectivity index (χ1n) is 7.84. The number of halogens is 1. The van der Waals surface area contributed by atoms with Crippen molar-refractivity contribution in [2.75, 3.05) is 6.54 Å². The van der Waals surface area contributed by atoms with Crippen LogP contribution in [-0.4, -0.2) is 29.7 Å². The number of benzene rings is 1. The lowest BCUT2D eigenvalue weighted by Gasteiger charge is -2.18. The first-order valence-corrected chi connectivity index (χ1v) is 9.78. The molecule has 2 atom stereocenters. The highest BCUT2D eigenvalue weighted by Gasteiger charge is 2.14. The Hall–Kier alpha value is -0.720. The molecule has 1 aromatic carbocycles. The minimum atomic E-state index is -0.302. The van der Waals surface area contributed by atoms with E-state index < -0.39 is 0 Å². The van der Waals surface area contributed by atoms with E-state index in [0.717, 1.165) is 6.54 Å². The van der Waals surface area contributed by atoms with Gasteiger partial charge in [-0.1, -0.05) is 24.6 Å². The Morgan fingerprint density at radius 2 is 2.04 bits per heavy atom. The van der Waals surface area contributed by atoms with Crippen molar-refractivity contribution < 1.29 is 13.9 Å². The molecule has 0 aliphatic heterocycles. The second-order valence-corrected chi connectivity index (χ2v) is 7.51. The van der Waals surface area contributed by atoms with Gasteiger partial charge < -0.3 is 10.1 Å². The molecule has 23 heavy (non-hydrogen) atoms. The van der Waals surface area contributed by atoms with Crippen LogP contribution in [0.5, 0.6) is 5.75 Å². The van der Waals surface area contributed by atoms with Crippen molar-refractivity contribution >= 4 is 28.2 Å².